The normalized spacial score (nSPS) is 10.9. The van der Waals surface area contributed by atoms with E-state index in [2.05, 4.69) is 10.6 Å². The summed E-state index contributed by atoms with van der Waals surface area (Å²) in [6.45, 7) is 0.512. The first-order valence-electron chi connectivity index (χ1n) is 5.18. The summed E-state index contributed by atoms with van der Waals surface area (Å²) in [5.41, 5.74) is 0.793. The van der Waals surface area contributed by atoms with Crippen LogP contribution in [0, 0.1) is 0 Å². The van der Waals surface area contributed by atoms with Crippen LogP contribution in [0.4, 0.5) is 5.69 Å². The first kappa shape index (κ1) is 13.5. The standard InChI is InChI=1S/C11H16N2O3S/c1-12-11(14)7-8-13-9-3-5-10(6-4-9)17(2,15)16/h3-6,13H,7-8H2,1-2H3,(H,12,14). The molecule has 1 amide bonds. The van der Waals surface area contributed by atoms with Crippen LogP contribution in [0.25, 0.3) is 0 Å². The Morgan fingerprint density at radius 2 is 1.82 bits per heavy atom. The lowest BCUT2D eigenvalue weighted by atomic mass is 10.3. The van der Waals surface area contributed by atoms with Crippen LogP contribution in [0.5, 0.6) is 0 Å². The fraction of sp³-hybridized carbons (Fsp3) is 0.364. The van der Waals surface area contributed by atoms with Crippen LogP contribution in [-0.4, -0.2) is 34.2 Å². The van der Waals surface area contributed by atoms with Gasteiger partial charge < -0.3 is 10.6 Å². The van der Waals surface area contributed by atoms with Crippen LogP contribution in [0.1, 0.15) is 6.42 Å². The van der Waals surface area contributed by atoms with Crippen molar-refractivity contribution in [1.82, 2.24) is 5.32 Å². The van der Waals surface area contributed by atoms with Crippen LogP contribution in [-0.2, 0) is 14.6 Å². The molecular formula is C11H16N2O3S. The zero-order valence-electron chi connectivity index (χ0n) is 9.86. The van der Waals surface area contributed by atoms with Gasteiger partial charge in [-0.05, 0) is 24.3 Å². The van der Waals surface area contributed by atoms with Gasteiger partial charge in [0.1, 0.15) is 0 Å². The number of rotatable bonds is 5. The van der Waals surface area contributed by atoms with Crippen molar-refractivity contribution in [3.63, 3.8) is 0 Å². The number of anilines is 1. The largest absolute Gasteiger partial charge is 0.385 e. The van der Waals surface area contributed by atoms with Gasteiger partial charge in [-0.25, -0.2) is 8.42 Å². The zero-order valence-corrected chi connectivity index (χ0v) is 10.7. The molecule has 6 heteroatoms. The molecule has 1 aromatic carbocycles. The van der Waals surface area contributed by atoms with E-state index >= 15 is 0 Å². The van der Waals surface area contributed by atoms with Gasteiger partial charge >= 0.3 is 0 Å². The fourth-order valence-corrected chi connectivity index (χ4v) is 1.90. The second-order valence-electron chi connectivity index (χ2n) is 3.65. The minimum absolute atomic E-state index is 0.0368. The minimum atomic E-state index is -3.15. The average Bonchev–Trinajstić information content (AvgIpc) is 2.28. The topological polar surface area (TPSA) is 75.3 Å². The summed E-state index contributed by atoms with van der Waals surface area (Å²) < 4.78 is 22.4. The van der Waals surface area contributed by atoms with E-state index in [-0.39, 0.29) is 10.8 Å². The van der Waals surface area contributed by atoms with E-state index in [1.165, 1.54) is 18.4 Å². The lowest BCUT2D eigenvalue weighted by Crippen LogP contribution is -2.20. The molecule has 0 aliphatic heterocycles. The van der Waals surface area contributed by atoms with Gasteiger partial charge in [0.2, 0.25) is 5.91 Å². The molecule has 0 aliphatic carbocycles. The number of carbonyl (C=O) groups is 1. The molecule has 0 heterocycles. The van der Waals surface area contributed by atoms with Crippen molar-refractivity contribution < 1.29 is 13.2 Å². The van der Waals surface area contributed by atoms with Crippen molar-refractivity contribution in [2.75, 3.05) is 25.2 Å². The van der Waals surface area contributed by atoms with E-state index in [1.54, 1.807) is 19.2 Å². The maximum Gasteiger partial charge on any atom is 0.221 e. The lowest BCUT2D eigenvalue weighted by Gasteiger charge is -2.06. The van der Waals surface area contributed by atoms with Crippen molar-refractivity contribution in [2.24, 2.45) is 0 Å². The molecule has 0 saturated carbocycles. The van der Waals surface area contributed by atoms with Gasteiger partial charge in [-0.3, -0.25) is 4.79 Å². The summed E-state index contributed by atoms with van der Waals surface area (Å²) in [6, 6.07) is 6.44. The Morgan fingerprint density at radius 3 is 2.29 bits per heavy atom. The van der Waals surface area contributed by atoms with Crippen LogP contribution < -0.4 is 10.6 Å². The molecule has 1 rings (SSSR count). The lowest BCUT2D eigenvalue weighted by molar-refractivity contribution is -0.120. The maximum atomic E-state index is 11.2. The highest BCUT2D eigenvalue weighted by atomic mass is 32.2. The van der Waals surface area contributed by atoms with Gasteiger partial charge in [-0.2, -0.15) is 0 Å². The number of hydrogen-bond donors (Lipinski definition) is 2. The van der Waals surface area contributed by atoms with Crippen molar-refractivity contribution in [1.29, 1.82) is 0 Å². The molecule has 5 nitrogen and oxygen atoms in total. The average molecular weight is 256 g/mol. The Hall–Kier alpha value is -1.56. The number of carbonyl (C=O) groups excluding carboxylic acids is 1. The van der Waals surface area contributed by atoms with Crippen LogP contribution in [0.3, 0.4) is 0 Å². The molecule has 0 radical (unpaired) electrons. The smallest absolute Gasteiger partial charge is 0.221 e. The second kappa shape index (κ2) is 5.67. The van der Waals surface area contributed by atoms with Crippen molar-refractivity contribution in [2.45, 2.75) is 11.3 Å². The summed E-state index contributed by atoms with van der Waals surface area (Å²) in [6.07, 6.45) is 1.55. The Labute approximate surface area is 101 Å². The molecule has 94 valence electrons. The molecule has 17 heavy (non-hydrogen) atoms. The van der Waals surface area contributed by atoms with E-state index in [4.69, 9.17) is 0 Å². The highest BCUT2D eigenvalue weighted by Gasteiger charge is 2.05. The Kier molecular flexibility index (Phi) is 4.51. The highest BCUT2D eigenvalue weighted by Crippen LogP contribution is 2.13. The summed E-state index contributed by atoms with van der Waals surface area (Å²) in [4.78, 5) is 11.2. The summed E-state index contributed by atoms with van der Waals surface area (Å²) in [5.74, 6) is -0.0368. The van der Waals surface area contributed by atoms with Gasteiger partial charge in [-0.1, -0.05) is 0 Å². The Morgan fingerprint density at radius 1 is 1.24 bits per heavy atom. The molecular weight excluding hydrogens is 240 g/mol. The first-order valence-corrected chi connectivity index (χ1v) is 7.07. The van der Waals surface area contributed by atoms with E-state index in [9.17, 15) is 13.2 Å². The number of sulfone groups is 1. The predicted octanol–water partition coefficient (Wildman–Crippen LogP) is 0.638. The van der Waals surface area contributed by atoms with Gasteiger partial charge in [0, 0.05) is 32.0 Å². The molecule has 0 bridgehead atoms. The monoisotopic (exact) mass is 256 g/mol. The molecule has 1 aromatic rings. The third-order valence-corrected chi connectivity index (χ3v) is 3.37. The van der Waals surface area contributed by atoms with E-state index in [0.29, 0.717) is 13.0 Å². The molecule has 0 unspecified atom stereocenters. The van der Waals surface area contributed by atoms with Crippen LogP contribution in [0.2, 0.25) is 0 Å². The zero-order chi connectivity index (χ0) is 12.9. The summed E-state index contributed by atoms with van der Waals surface area (Å²) in [7, 11) is -1.56. The summed E-state index contributed by atoms with van der Waals surface area (Å²) >= 11 is 0. The van der Waals surface area contributed by atoms with Crippen molar-refractivity contribution >= 4 is 21.4 Å². The molecule has 0 saturated heterocycles. The Balaban J connectivity index is 2.55. The quantitative estimate of drug-likeness (QED) is 0.810. The number of hydrogen-bond acceptors (Lipinski definition) is 4. The first-order chi connectivity index (χ1) is 7.93. The second-order valence-corrected chi connectivity index (χ2v) is 5.66. The van der Waals surface area contributed by atoms with Crippen molar-refractivity contribution in [3.8, 4) is 0 Å². The maximum absolute atomic E-state index is 11.2. The number of benzene rings is 1. The van der Waals surface area contributed by atoms with Gasteiger partial charge in [0.05, 0.1) is 4.90 Å². The van der Waals surface area contributed by atoms with E-state index in [1.807, 2.05) is 0 Å². The Bertz CT molecular complexity index is 480. The molecule has 2 N–H and O–H groups in total. The third-order valence-electron chi connectivity index (χ3n) is 2.24. The minimum Gasteiger partial charge on any atom is -0.385 e. The SMILES string of the molecule is CNC(=O)CCNc1ccc(S(C)(=O)=O)cc1. The fourth-order valence-electron chi connectivity index (χ4n) is 1.27. The van der Waals surface area contributed by atoms with Gasteiger partial charge in [0.15, 0.2) is 9.84 Å². The molecule has 0 spiro atoms. The van der Waals surface area contributed by atoms with Crippen molar-refractivity contribution in [3.05, 3.63) is 24.3 Å². The predicted molar refractivity (Wildman–Crippen MR) is 66.7 cm³/mol. The van der Waals surface area contributed by atoms with Gasteiger partial charge in [0.25, 0.3) is 0 Å². The van der Waals surface area contributed by atoms with Crippen LogP contribution >= 0.6 is 0 Å². The van der Waals surface area contributed by atoms with Gasteiger partial charge in [-0.15, -0.1) is 0 Å². The number of nitrogens with one attached hydrogen (secondary N) is 2. The molecule has 0 aromatic heterocycles. The van der Waals surface area contributed by atoms with E-state index < -0.39 is 9.84 Å². The summed E-state index contributed by atoms with van der Waals surface area (Å²) in [5, 5.41) is 5.55. The molecule has 0 atom stereocenters. The van der Waals surface area contributed by atoms with E-state index in [0.717, 1.165) is 5.69 Å². The molecule has 0 aliphatic rings. The molecule has 0 fully saturated rings. The number of amides is 1. The van der Waals surface area contributed by atoms with Crippen LogP contribution in [0.15, 0.2) is 29.2 Å². The highest BCUT2D eigenvalue weighted by molar-refractivity contribution is 7.90. The third kappa shape index (κ3) is 4.44.